The van der Waals surface area contributed by atoms with E-state index in [1.165, 1.54) is 12.1 Å². The first kappa shape index (κ1) is 16.9. The summed E-state index contributed by atoms with van der Waals surface area (Å²) in [5.41, 5.74) is -0.241. The zero-order chi connectivity index (χ0) is 13.9. The van der Waals surface area contributed by atoms with Crippen LogP contribution in [0.4, 0.5) is 8.78 Å². The zero-order valence-electron chi connectivity index (χ0n) is 11.3. The van der Waals surface area contributed by atoms with E-state index in [2.05, 4.69) is 10.6 Å². The molecule has 3 nitrogen and oxygen atoms in total. The van der Waals surface area contributed by atoms with Crippen LogP contribution in [0.15, 0.2) is 18.2 Å². The molecule has 0 spiro atoms. The second-order valence-electron chi connectivity index (χ2n) is 4.88. The van der Waals surface area contributed by atoms with Gasteiger partial charge in [-0.05, 0) is 31.9 Å². The molecule has 2 rings (SSSR count). The maximum atomic E-state index is 13.4. The zero-order valence-corrected chi connectivity index (χ0v) is 12.2. The lowest BCUT2D eigenvalue weighted by Crippen LogP contribution is -2.52. The second kappa shape index (κ2) is 6.99. The van der Waals surface area contributed by atoms with Crippen molar-refractivity contribution in [3.05, 3.63) is 35.4 Å². The molecule has 1 aliphatic heterocycles. The fourth-order valence-corrected chi connectivity index (χ4v) is 2.47. The molecule has 0 radical (unpaired) electrons. The molecule has 1 fully saturated rings. The van der Waals surface area contributed by atoms with Gasteiger partial charge >= 0.3 is 0 Å². The quantitative estimate of drug-likeness (QED) is 0.897. The van der Waals surface area contributed by atoms with Gasteiger partial charge in [0.2, 0.25) is 5.91 Å². The first-order valence-corrected chi connectivity index (χ1v) is 6.54. The SMILES string of the molecule is CCC1(C(=O)NCc2ccc(F)cc2F)CCCN1.Cl. The van der Waals surface area contributed by atoms with Crippen molar-refractivity contribution < 1.29 is 13.6 Å². The van der Waals surface area contributed by atoms with E-state index in [1.54, 1.807) is 0 Å². The molecule has 1 unspecified atom stereocenters. The third kappa shape index (κ3) is 3.46. The van der Waals surface area contributed by atoms with E-state index >= 15 is 0 Å². The van der Waals surface area contributed by atoms with E-state index in [9.17, 15) is 13.6 Å². The summed E-state index contributed by atoms with van der Waals surface area (Å²) in [5, 5.41) is 5.94. The molecule has 0 aromatic heterocycles. The van der Waals surface area contributed by atoms with E-state index in [-0.39, 0.29) is 24.9 Å². The Morgan fingerprint density at radius 1 is 1.45 bits per heavy atom. The van der Waals surface area contributed by atoms with Crippen LogP contribution in [0.5, 0.6) is 0 Å². The minimum Gasteiger partial charge on any atom is -0.350 e. The molecule has 0 bridgehead atoms. The van der Waals surface area contributed by atoms with E-state index in [4.69, 9.17) is 0 Å². The average molecular weight is 305 g/mol. The Bertz CT molecular complexity index is 476. The number of hydrogen-bond donors (Lipinski definition) is 2. The Hall–Kier alpha value is -1.20. The average Bonchev–Trinajstić information content (AvgIpc) is 2.87. The molecule has 1 amide bonds. The fraction of sp³-hybridized carbons (Fsp3) is 0.500. The summed E-state index contributed by atoms with van der Waals surface area (Å²) in [6, 6.07) is 3.37. The minimum atomic E-state index is -0.634. The maximum absolute atomic E-state index is 13.4. The van der Waals surface area contributed by atoms with Crippen LogP contribution in [0.1, 0.15) is 31.7 Å². The molecule has 1 aromatic carbocycles. The van der Waals surface area contributed by atoms with Gasteiger partial charge in [-0.3, -0.25) is 4.79 Å². The van der Waals surface area contributed by atoms with Crippen LogP contribution < -0.4 is 10.6 Å². The Labute approximate surface area is 123 Å². The molecule has 20 heavy (non-hydrogen) atoms. The lowest BCUT2D eigenvalue weighted by molar-refractivity contribution is -0.127. The Morgan fingerprint density at radius 2 is 2.20 bits per heavy atom. The normalized spacial score (nSPS) is 21.4. The van der Waals surface area contributed by atoms with E-state index in [0.29, 0.717) is 12.0 Å². The summed E-state index contributed by atoms with van der Waals surface area (Å²) in [5.74, 6) is -1.36. The van der Waals surface area contributed by atoms with Gasteiger partial charge in [-0.2, -0.15) is 0 Å². The van der Waals surface area contributed by atoms with E-state index in [0.717, 1.165) is 25.5 Å². The van der Waals surface area contributed by atoms with E-state index < -0.39 is 17.2 Å². The molecular weight excluding hydrogens is 286 g/mol. The predicted molar refractivity (Wildman–Crippen MR) is 75.7 cm³/mol. The number of carbonyl (C=O) groups is 1. The van der Waals surface area contributed by atoms with Crippen LogP contribution >= 0.6 is 12.4 Å². The summed E-state index contributed by atoms with van der Waals surface area (Å²) >= 11 is 0. The van der Waals surface area contributed by atoms with Gasteiger partial charge in [-0.1, -0.05) is 13.0 Å². The van der Waals surface area contributed by atoms with Crippen molar-refractivity contribution in [3.8, 4) is 0 Å². The lowest BCUT2D eigenvalue weighted by atomic mass is 9.93. The van der Waals surface area contributed by atoms with Gasteiger partial charge in [-0.15, -0.1) is 12.4 Å². The van der Waals surface area contributed by atoms with Crippen molar-refractivity contribution in [1.82, 2.24) is 10.6 Å². The van der Waals surface area contributed by atoms with Gasteiger partial charge in [-0.25, -0.2) is 8.78 Å². The second-order valence-corrected chi connectivity index (χ2v) is 4.88. The van der Waals surface area contributed by atoms with Gasteiger partial charge in [0, 0.05) is 18.2 Å². The third-order valence-corrected chi connectivity index (χ3v) is 3.74. The monoisotopic (exact) mass is 304 g/mol. The van der Waals surface area contributed by atoms with Crippen LogP contribution in [-0.2, 0) is 11.3 Å². The molecule has 1 heterocycles. The standard InChI is InChI=1S/C14H18F2N2O.ClH/c1-2-14(6-3-7-18-14)13(19)17-9-10-4-5-11(15)8-12(10)16;/h4-5,8,18H,2-3,6-7,9H2,1H3,(H,17,19);1H. The molecule has 1 atom stereocenters. The van der Waals surface area contributed by atoms with Crippen LogP contribution in [-0.4, -0.2) is 18.0 Å². The Balaban J connectivity index is 0.00000200. The highest BCUT2D eigenvalue weighted by Gasteiger charge is 2.38. The smallest absolute Gasteiger partial charge is 0.240 e. The van der Waals surface area contributed by atoms with Crippen molar-refractivity contribution in [3.63, 3.8) is 0 Å². The summed E-state index contributed by atoms with van der Waals surface area (Å²) in [6.07, 6.45) is 2.46. The van der Waals surface area contributed by atoms with Crippen molar-refractivity contribution in [2.24, 2.45) is 0 Å². The van der Waals surface area contributed by atoms with Crippen molar-refractivity contribution in [1.29, 1.82) is 0 Å². The van der Waals surface area contributed by atoms with Gasteiger partial charge in [0.05, 0.1) is 5.54 Å². The highest BCUT2D eigenvalue weighted by Crippen LogP contribution is 2.23. The van der Waals surface area contributed by atoms with Crippen LogP contribution in [0, 0.1) is 11.6 Å². The molecule has 1 saturated heterocycles. The summed E-state index contributed by atoms with van der Waals surface area (Å²) in [7, 11) is 0. The van der Waals surface area contributed by atoms with Gasteiger partial charge in [0.1, 0.15) is 11.6 Å². The number of nitrogens with one attached hydrogen (secondary N) is 2. The minimum absolute atomic E-state index is 0. The predicted octanol–water partition coefficient (Wildman–Crippen LogP) is 2.54. The number of halogens is 3. The molecular formula is C14H19ClF2N2O. The Kier molecular flexibility index (Phi) is 5.89. The molecule has 6 heteroatoms. The van der Waals surface area contributed by atoms with Crippen LogP contribution in [0.25, 0.3) is 0 Å². The van der Waals surface area contributed by atoms with Crippen LogP contribution in [0.3, 0.4) is 0 Å². The molecule has 0 aliphatic carbocycles. The number of hydrogen-bond acceptors (Lipinski definition) is 2. The molecule has 1 aromatic rings. The van der Waals surface area contributed by atoms with Gasteiger partial charge < -0.3 is 10.6 Å². The van der Waals surface area contributed by atoms with Crippen molar-refractivity contribution in [2.45, 2.75) is 38.3 Å². The van der Waals surface area contributed by atoms with E-state index in [1.807, 2.05) is 6.92 Å². The highest BCUT2D eigenvalue weighted by molar-refractivity contribution is 5.86. The first-order valence-electron chi connectivity index (χ1n) is 6.54. The first-order chi connectivity index (χ1) is 9.07. The summed E-state index contributed by atoms with van der Waals surface area (Å²) in [6.45, 7) is 2.86. The van der Waals surface area contributed by atoms with Gasteiger partial charge in [0.25, 0.3) is 0 Å². The largest absolute Gasteiger partial charge is 0.350 e. The molecule has 0 saturated carbocycles. The third-order valence-electron chi connectivity index (χ3n) is 3.74. The fourth-order valence-electron chi connectivity index (χ4n) is 2.47. The lowest BCUT2D eigenvalue weighted by Gasteiger charge is -2.26. The van der Waals surface area contributed by atoms with Crippen molar-refractivity contribution in [2.75, 3.05) is 6.54 Å². The number of benzene rings is 1. The number of carbonyl (C=O) groups excluding carboxylic acids is 1. The molecule has 2 N–H and O–H groups in total. The topological polar surface area (TPSA) is 41.1 Å². The van der Waals surface area contributed by atoms with Gasteiger partial charge in [0.15, 0.2) is 0 Å². The number of amides is 1. The summed E-state index contributed by atoms with van der Waals surface area (Å²) in [4.78, 5) is 12.2. The maximum Gasteiger partial charge on any atom is 0.240 e. The van der Waals surface area contributed by atoms with Crippen molar-refractivity contribution >= 4 is 18.3 Å². The van der Waals surface area contributed by atoms with Crippen LogP contribution in [0.2, 0.25) is 0 Å². The number of rotatable bonds is 4. The Morgan fingerprint density at radius 3 is 2.75 bits per heavy atom. The molecule has 1 aliphatic rings. The highest BCUT2D eigenvalue weighted by atomic mass is 35.5. The summed E-state index contributed by atoms with van der Waals surface area (Å²) < 4.78 is 26.2. The molecule has 112 valence electrons.